The zero-order valence-electron chi connectivity index (χ0n) is 23.9. The van der Waals surface area contributed by atoms with Gasteiger partial charge in [-0.05, 0) is 29.2 Å². The third kappa shape index (κ3) is 5.78. The molecule has 2 aliphatic rings. The van der Waals surface area contributed by atoms with Crippen LogP contribution in [-0.2, 0) is 33.8 Å². The average molecular weight is 615 g/mol. The molecule has 10 nitrogen and oxygen atoms in total. The SMILES string of the molecule is C=CCN1CC(=O)N2[C@@H](Cc3ccc(=O)[nH]c3)C(=O)N(Cc3ccc(F)c4scnc34)C[C@@H]2N1C(=O)CCc1ccccc1. The number of carbonyl (C=O) groups excluding carboxylic acids is 3. The predicted molar refractivity (Wildman–Crippen MR) is 164 cm³/mol. The Labute approximate surface area is 257 Å². The summed E-state index contributed by atoms with van der Waals surface area (Å²) < 4.78 is 14.9. The van der Waals surface area contributed by atoms with Crippen molar-refractivity contribution in [3.63, 3.8) is 0 Å². The lowest BCUT2D eigenvalue weighted by molar-refractivity contribution is -0.205. The monoisotopic (exact) mass is 614 g/mol. The van der Waals surface area contributed by atoms with Crippen molar-refractivity contribution in [3.8, 4) is 0 Å². The van der Waals surface area contributed by atoms with Gasteiger partial charge < -0.3 is 14.8 Å². The minimum atomic E-state index is -0.936. The van der Waals surface area contributed by atoms with Gasteiger partial charge in [0.15, 0.2) is 0 Å². The van der Waals surface area contributed by atoms with Crippen LogP contribution in [0.15, 0.2) is 83.8 Å². The summed E-state index contributed by atoms with van der Waals surface area (Å²) in [5, 5.41) is 3.29. The lowest BCUT2D eigenvalue weighted by Gasteiger charge is -2.55. The van der Waals surface area contributed by atoms with Gasteiger partial charge in [0.25, 0.3) is 0 Å². The van der Waals surface area contributed by atoms with Crippen LogP contribution < -0.4 is 5.56 Å². The average Bonchev–Trinajstić information content (AvgIpc) is 3.52. The van der Waals surface area contributed by atoms with E-state index in [1.54, 1.807) is 38.6 Å². The molecule has 2 atom stereocenters. The second-order valence-electron chi connectivity index (χ2n) is 10.9. The molecule has 2 aliphatic heterocycles. The molecule has 4 heterocycles. The Bertz CT molecular complexity index is 1750. The fraction of sp³-hybridized carbons (Fsp3) is 0.281. The summed E-state index contributed by atoms with van der Waals surface area (Å²) in [5.74, 6) is -1.15. The number of benzene rings is 2. The molecule has 12 heteroatoms. The number of hydrogen-bond acceptors (Lipinski definition) is 7. The summed E-state index contributed by atoms with van der Waals surface area (Å²) >= 11 is 1.19. The van der Waals surface area contributed by atoms with Crippen LogP contribution in [0.4, 0.5) is 4.39 Å². The van der Waals surface area contributed by atoms with Crippen LogP contribution in [0.5, 0.6) is 0 Å². The van der Waals surface area contributed by atoms with Gasteiger partial charge in [-0.15, -0.1) is 17.9 Å². The van der Waals surface area contributed by atoms with Gasteiger partial charge in [0, 0.05) is 38.2 Å². The van der Waals surface area contributed by atoms with Crippen LogP contribution in [0.25, 0.3) is 10.2 Å². The molecule has 0 unspecified atom stereocenters. The zero-order chi connectivity index (χ0) is 30.8. The number of aryl methyl sites for hydroxylation is 1. The first-order valence-corrected chi connectivity index (χ1v) is 15.2. The van der Waals surface area contributed by atoms with Crippen LogP contribution in [0.1, 0.15) is 23.1 Å². The summed E-state index contributed by atoms with van der Waals surface area (Å²) in [6.07, 6.45) is 3.24. The number of halogens is 1. The number of carbonyl (C=O) groups is 3. The summed E-state index contributed by atoms with van der Waals surface area (Å²) in [7, 11) is 0. The third-order valence-corrected chi connectivity index (χ3v) is 8.89. The Morgan fingerprint density at radius 2 is 1.91 bits per heavy atom. The molecule has 4 aromatic rings. The highest BCUT2D eigenvalue weighted by atomic mass is 32.1. The number of nitrogens with one attached hydrogen (secondary N) is 1. The highest BCUT2D eigenvalue weighted by Crippen LogP contribution is 2.31. The van der Waals surface area contributed by atoms with Crippen molar-refractivity contribution in [2.24, 2.45) is 0 Å². The number of hydrazine groups is 1. The lowest BCUT2D eigenvalue weighted by Crippen LogP contribution is -2.75. The van der Waals surface area contributed by atoms with Crippen LogP contribution in [0.2, 0.25) is 0 Å². The Balaban J connectivity index is 1.37. The summed E-state index contributed by atoms with van der Waals surface area (Å²) in [5.41, 5.74) is 4.11. The molecule has 0 saturated carbocycles. The molecule has 2 aromatic heterocycles. The fourth-order valence-electron chi connectivity index (χ4n) is 6.01. The summed E-state index contributed by atoms with van der Waals surface area (Å²) in [4.78, 5) is 63.7. The van der Waals surface area contributed by atoms with Gasteiger partial charge in [0.1, 0.15) is 18.0 Å². The van der Waals surface area contributed by atoms with Crippen molar-refractivity contribution >= 4 is 39.3 Å². The molecule has 2 aromatic carbocycles. The maximum absolute atomic E-state index is 14.5. The molecule has 2 fully saturated rings. The van der Waals surface area contributed by atoms with Crippen molar-refractivity contribution in [2.45, 2.75) is 38.0 Å². The molecule has 0 bridgehead atoms. The molecule has 226 valence electrons. The number of aromatic amines is 1. The van der Waals surface area contributed by atoms with Crippen LogP contribution in [0, 0.1) is 5.82 Å². The van der Waals surface area contributed by atoms with Crippen LogP contribution >= 0.6 is 11.3 Å². The van der Waals surface area contributed by atoms with Gasteiger partial charge in [-0.3, -0.25) is 19.2 Å². The second-order valence-corrected chi connectivity index (χ2v) is 11.7. The summed E-state index contributed by atoms with van der Waals surface area (Å²) in [6.45, 7) is 4.18. The molecular weight excluding hydrogens is 583 g/mol. The smallest absolute Gasteiger partial charge is 0.247 e. The highest BCUT2D eigenvalue weighted by Gasteiger charge is 2.51. The molecule has 44 heavy (non-hydrogen) atoms. The third-order valence-electron chi connectivity index (χ3n) is 8.05. The Hall–Kier alpha value is -4.68. The van der Waals surface area contributed by atoms with E-state index in [-0.39, 0.29) is 68.1 Å². The van der Waals surface area contributed by atoms with E-state index in [1.807, 2.05) is 30.3 Å². The number of hydrogen-bond donors (Lipinski definition) is 1. The van der Waals surface area contributed by atoms with Crippen molar-refractivity contribution in [2.75, 3.05) is 19.6 Å². The number of nitrogens with zero attached hydrogens (tertiary/aromatic N) is 5. The molecule has 6 rings (SSSR count). The van der Waals surface area contributed by atoms with Gasteiger partial charge in [-0.2, -0.15) is 0 Å². The van der Waals surface area contributed by atoms with Crippen LogP contribution in [0.3, 0.4) is 0 Å². The highest BCUT2D eigenvalue weighted by molar-refractivity contribution is 7.16. The van der Waals surface area contributed by atoms with Crippen molar-refractivity contribution in [1.82, 2.24) is 29.8 Å². The minimum absolute atomic E-state index is 0.0560. The van der Waals surface area contributed by atoms with Gasteiger partial charge in [-0.1, -0.05) is 48.5 Å². The van der Waals surface area contributed by atoms with Crippen molar-refractivity contribution in [1.29, 1.82) is 0 Å². The van der Waals surface area contributed by atoms with E-state index in [1.165, 1.54) is 34.6 Å². The quantitative estimate of drug-likeness (QED) is 0.290. The first kappa shape index (κ1) is 29.4. The molecule has 3 amide bonds. The predicted octanol–water partition coefficient (Wildman–Crippen LogP) is 3.11. The molecule has 0 aliphatic carbocycles. The van der Waals surface area contributed by atoms with Gasteiger partial charge >= 0.3 is 0 Å². The number of amides is 3. The Morgan fingerprint density at radius 1 is 1.09 bits per heavy atom. The first-order chi connectivity index (χ1) is 21.3. The number of pyridine rings is 1. The van der Waals surface area contributed by atoms with Gasteiger partial charge in [0.2, 0.25) is 23.3 Å². The van der Waals surface area contributed by atoms with E-state index >= 15 is 0 Å². The maximum Gasteiger partial charge on any atom is 0.247 e. The molecule has 2 saturated heterocycles. The number of rotatable bonds is 9. The summed E-state index contributed by atoms with van der Waals surface area (Å²) in [6, 6.07) is 14.7. The van der Waals surface area contributed by atoms with Gasteiger partial charge in [-0.25, -0.2) is 19.4 Å². The number of fused-ring (bicyclic) bond motifs is 2. The van der Waals surface area contributed by atoms with Gasteiger partial charge in [0.05, 0.1) is 28.8 Å². The van der Waals surface area contributed by atoms with Crippen molar-refractivity contribution in [3.05, 3.63) is 112 Å². The van der Waals surface area contributed by atoms with E-state index < -0.39 is 12.2 Å². The lowest BCUT2D eigenvalue weighted by atomic mass is 9.98. The van der Waals surface area contributed by atoms with E-state index in [2.05, 4.69) is 16.5 Å². The fourth-order valence-corrected chi connectivity index (χ4v) is 6.75. The molecular formula is C32H31FN6O4S. The topological polar surface area (TPSA) is 110 Å². The van der Waals surface area contributed by atoms with Crippen LogP contribution in [-0.4, -0.2) is 79.3 Å². The molecule has 0 spiro atoms. The Morgan fingerprint density at radius 3 is 2.66 bits per heavy atom. The normalized spacial score (nSPS) is 19.0. The number of aromatic nitrogens is 2. The minimum Gasteiger partial charge on any atom is -0.332 e. The standard InChI is InChI=1S/C32H31FN6O4S/c1-2-14-37-19-29(42)38-25(15-22-8-12-26(40)34-16-22)32(43)36(17-23-10-11-24(33)31-30(23)35-20-44-31)18-27(38)39(37)28(41)13-9-21-6-4-3-5-7-21/h2-8,10-12,16,20,25,27H,1,9,13-15,17-19H2,(H,34,40)/t25-,27-/m0/s1. The first-order valence-electron chi connectivity index (χ1n) is 14.3. The number of thiazole rings is 1. The van der Waals surface area contributed by atoms with E-state index in [4.69, 9.17) is 0 Å². The van der Waals surface area contributed by atoms with E-state index in [9.17, 15) is 23.6 Å². The number of H-pyrrole nitrogens is 1. The largest absolute Gasteiger partial charge is 0.332 e. The second kappa shape index (κ2) is 12.5. The van der Waals surface area contributed by atoms with Crippen molar-refractivity contribution < 1.29 is 18.8 Å². The van der Waals surface area contributed by atoms with E-state index in [0.717, 1.165) is 5.56 Å². The molecule has 1 N–H and O–H groups in total. The van der Waals surface area contributed by atoms with E-state index in [0.29, 0.717) is 27.8 Å². The molecule has 0 radical (unpaired) electrons. The zero-order valence-corrected chi connectivity index (χ0v) is 24.7. The number of piperazine rings is 1. The maximum atomic E-state index is 14.5. The Kier molecular flexibility index (Phi) is 8.36.